The fourth-order valence-corrected chi connectivity index (χ4v) is 15.3. The molecule has 0 radical (unpaired) electrons. The standard InChI is InChI=1S/C54H51N13O10S6/c1-23-38(69)17-67-43(23)52-65-37(22-82-52)50-62-33(18-80-50)42-29(11-12-30(59-42)49-64-34(20-81-49)44(71)56-15-26-3-7-27(8-4-26)54(76)77)48-63-36(21-79-48)46(73)60-31(14-39(55)70)51-66-41(24(2)83-51)47(74)57-16-40-58-35(19-78-40)45(72)61-32(53(67)75)13-25-5-9-28(68)10-6-25/h5-6,9-12,18-23,26-27,31-32,38,43,68-69H,3-4,7-8,13-17H2,1-2H3,(H2,55,70)(H,56,71)(H,57,74)(H,60,73)(H,61,72)(H,76,77)/t23-,26?,27?,31-,32-,38-,43-/m0/s1. The minimum atomic E-state index is -1.17. The Balaban J connectivity index is 0.948. The second-order valence-electron chi connectivity index (χ2n) is 20.3. The summed E-state index contributed by atoms with van der Waals surface area (Å²) < 4.78 is 0. The van der Waals surface area contributed by atoms with E-state index < -0.39 is 65.7 Å². The van der Waals surface area contributed by atoms with Crippen molar-refractivity contribution in [1.82, 2.24) is 61.1 Å². The zero-order valence-electron chi connectivity index (χ0n) is 44.1. The highest BCUT2D eigenvalue weighted by Crippen LogP contribution is 2.43. The number of nitrogens with zero attached hydrogens (tertiary/aromatic N) is 8. The smallest absolute Gasteiger partial charge is 0.306 e. The summed E-state index contributed by atoms with van der Waals surface area (Å²) in [5.41, 5.74) is 8.71. The van der Waals surface area contributed by atoms with Crippen molar-refractivity contribution in [2.75, 3.05) is 13.1 Å². The number of carbonyl (C=O) groups is 7. The summed E-state index contributed by atoms with van der Waals surface area (Å²) in [6.45, 7) is 3.74. The number of nitrogens with one attached hydrogen (secondary N) is 4. The van der Waals surface area contributed by atoms with E-state index in [9.17, 15) is 48.9 Å². The number of thiazole rings is 6. The van der Waals surface area contributed by atoms with Crippen molar-refractivity contribution in [3.05, 3.63) is 112 Å². The molecule has 83 heavy (non-hydrogen) atoms. The molecule has 5 atom stereocenters. The molecular weight excluding hydrogens is 1180 g/mol. The lowest BCUT2D eigenvalue weighted by Crippen LogP contribution is -2.50. The van der Waals surface area contributed by atoms with Crippen molar-refractivity contribution < 1.29 is 48.9 Å². The van der Waals surface area contributed by atoms with Gasteiger partial charge >= 0.3 is 5.97 Å². The van der Waals surface area contributed by atoms with Crippen LogP contribution in [0.4, 0.5) is 0 Å². The Labute approximate surface area is 496 Å². The van der Waals surface area contributed by atoms with Crippen molar-refractivity contribution in [2.24, 2.45) is 23.5 Å². The molecule has 11 rings (SSSR count). The first-order chi connectivity index (χ1) is 39.9. The van der Waals surface area contributed by atoms with Gasteiger partial charge in [-0.1, -0.05) is 19.1 Å². The number of carbonyl (C=O) groups excluding carboxylic acids is 6. The number of primary amides is 1. The minimum Gasteiger partial charge on any atom is -0.508 e. The van der Waals surface area contributed by atoms with Crippen LogP contribution >= 0.6 is 68.0 Å². The monoisotopic (exact) mass is 1230 g/mol. The lowest BCUT2D eigenvalue weighted by molar-refractivity contribution is -0.143. The Hall–Kier alpha value is -7.80. The number of benzene rings is 1. The molecule has 9 N–H and O–H groups in total. The lowest BCUT2D eigenvalue weighted by Gasteiger charge is -2.29. The van der Waals surface area contributed by atoms with Gasteiger partial charge in [-0.2, -0.15) is 0 Å². The molecule has 428 valence electrons. The second-order valence-corrected chi connectivity index (χ2v) is 25.9. The van der Waals surface area contributed by atoms with Gasteiger partial charge in [0.05, 0.1) is 42.8 Å². The Morgan fingerprint density at radius 2 is 1.39 bits per heavy atom. The van der Waals surface area contributed by atoms with E-state index in [1.807, 2.05) is 12.3 Å². The number of hydrogen-bond donors (Lipinski definition) is 8. The number of aromatic nitrogens is 7. The van der Waals surface area contributed by atoms with Crippen LogP contribution in [0.15, 0.2) is 63.3 Å². The maximum Gasteiger partial charge on any atom is 0.306 e. The van der Waals surface area contributed by atoms with E-state index >= 15 is 0 Å². The van der Waals surface area contributed by atoms with Gasteiger partial charge in [0.15, 0.2) is 0 Å². The van der Waals surface area contributed by atoms with E-state index in [4.69, 9.17) is 25.7 Å². The van der Waals surface area contributed by atoms with Crippen molar-refractivity contribution in [3.63, 3.8) is 0 Å². The molecule has 10 bridgehead atoms. The zero-order chi connectivity index (χ0) is 58.2. The molecule has 29 heteroatoms. The van der Waals surface area contributed by atoms with Crippen LogP contribution < -0.4 is 27.0 Å². The van der Waals surface area contributed by atoms with Gasteiger partial charge in [0.25, 0.3) is 23.6 Å². The molecule has 8 aromatic rings. The van der Waals surface area contributed by atoms with Crippen LogP contribution in [0.1, 0.15) is 119 Å². The molecule has 1 saturated heterocycles. The highest BCUT2D eigenvalue weighted by molar-refractivity contribution is 7.15. The molecule has 0 spiro atoms. The predicted molar refractivity (Wildman–Crippen MR) is 311 cm³/mol. The quantitative estimate of drug-likeness (QED) is 0.0751. The van der Waals surface area contributed by atoms with E-state index in [1.54, 1.807) is 47.3 Å². The van der Waals surface area contributed by atoms with Crippen LogP contribution in [-0.4, -0.2) is 122 Å². The number of phenolic OH excluding ortho intramolecular Hbond substituents is 1. The predicted octanol–water partition coefficient (Wildman–Crippen LogP) is 6.63. The van der Waals surface area contributed by atoms with Gasteiger partial charge in [-0.05, 0) is 68.4 Å². The molecule has 23 nitrogen and oxygen atoms in total. The summed E-state index contributed by atoms with van der Waals surface area (Å²) in [6.07, 6.45) is 1.24. The average Bonchev–Trinajstić information content (AvgIpc) is 4.20. The lowest BCUT2D eigenvalue weighted by atomic mass is 9.82. The molecular formula is C54H51N13O10S6. The Morgan fingerprint density at radius 1 is 0.711 bits per heavy atom. The molecule has 9 heterocycles. The number of amides is 6. The van der Waals surface area contributed by atoms with Gasteiger partial charge < -0.3 is 47.2 Å². The van der Waals surface area contributed by atoms with Crippen LogP contribution in [0.2, 0.25) is 0 Å². The van der Waals surface area contributed by atoms with Crippen LogP contribution in [0.3, 0.4) is 0 Å². The van der Waals surface area contributed by atoms with Gasteiger partial charge in [0.1, 0.15) is 81.7 Å². The third kappa shape index (κ3) is 12.5. The normalized spacial score (nSPS) is 21.3. The number of pyridine rings is 1. The van der Waals surface area contributed by atoms with Crippen LogP contribution in [0.25, 0.3) is 43.4 Å². The van der Waals surface area contributed by atoms with Crippen LogP contribution in [0.5, 0.6) is 5.75 Å². The average molecular weight is 1230 g/mol. The van der Waals surface area contributed by atoms with Gasteiger partial charge in [-0.15, -0.1) is 68.0 Å². The van der Waals surface area contributed by atoms with E-state index in [1.165, 1.54) is 56.4 Å². The number of carboxylic acids is 1. The first-order valence-electron chi connectivity index (χ1n) is 26.1. The van der Waals surface area contributed by atoms with E-state index in [0.29, 0.717) is 96.0 Å². The van der Waals surface area contributed by atoms with Gasteiger partial charge in [0, 0.05) is 62.8 Å². The van der Waals surface area contributed by atoms with Gasteiger partial charge in [0.2, 0.25) is 11.8 Å². The maximum atomic E-state index is 14.9. The van der Waals surface area contributed by atoms with Crippen molar-refractivity contribution in [3.8, 4) is 49.1 Å². The Kier molecular flexibility index (Phi) is 16.6. The van der Waals surface area contributed by atoms with E-state index in [2.05, 4.69) is 36.2 Å². The van der Waals surface area contributed by atoms with Gasteiger partial charge in [-0.3, -0.25) is 33.6 Å². The number of aliphatic carboxylic acids is 1. The molecule has 1 saturated carbocycles. The molecule has 0 unspecified atom stereocenters. The molecule has 2 fully saturated rings. The summed E-state index contributed by atoms with van der Waals surface area (Å²) in [7, 11) is 0. The van der Waals surface area contributed by atoms with E-state index in [-0.39, 0.29) is 77.2 Å². The number of phenols is 1. The van der Waals surface area contributed by atoms with Crippen molar-refractivity contribution >= 4 is 109 Å². The third-order valence-electron chi connectivity index (χ3n) is 14.6. The first kappa shape index (κ1) is 57.0. The number of carboxylic acid groups (broad SMARTS) is 1. The number of hydrogen-bond acceptors (Lipinski definition) is 22. The van der Waals surface area contributed by atoms with Crippen LogP contribution in [-0.2, 0) is 27.3 Å². The number of rotatable bonds is 9. The summed E-state index contributed by atoms with van der Waals surface area (Å²) >= 11 is 7.16. The summed E-state index contributed by atoms with van der Waals surface area (Å²) in [5.74, 6) is -4.96. The molecule has 7 aromatic heterocycles. The molecule has 2 aliphatic heterocycles. The van der Waals surface area contributed by atoms with Gasteiger partial charge in [-0.25, -0.2) is 34.9 Å². The third-order valence-corrected chi connectivity index (χ3v) is 20.1. The molecule has 1 aromatic carbocycles. The highest BCUT2D eigenvalue weighted by atomic mass is 32.1. The number of fused-ring (bicyclic) bond motifs is 16. The fraction of sp³-hybridized carbons (Fsp3) is 0.333. The number of aliphatic hydroxyl groups is 1. The van der Waals surface area contributed by atoms with Crippen molar-refractivity contribution in [2.45, 2.75) is 83.1 Å². The first-order valence-corrected chi connectivity index (χ1v) is 31.4. The number of nitrogens with two attached hydrogens (primary N) is 1. The topological polar surface area (TPSA) is 348 Å². The Morgan fingerprint density at radius 3 is 2.14 bits per heavy atom. The molecule has 3 aliphatic rings. The summed E-state index contributed by atoms with van der Waals surface area (Å²) in [5, 5.41) is 53.1. The molecule has 6 amide bonds. The van der Waals surface area contributed by atoms with Crippen LogP contribution in [0, 0.1) is 24.7 Å². The molecule has 1 aliphatic carbocycles. The van der Waals surface area contributed by atoms with E-state index in [0.717, 1.165) is 34.0 Å². The number of aromatic hydroxyl groups is 1. The second kappa shape index (κ2) is 24.2. The zero-order valence-corrected chi connectivity index (χ0v) is 49.0. The largest absolute Gasteiger partial charge is 0.508 e. The Bertz CT molecular complexity index is 3800. The fourth-order valence-electron chi connectivity index (χ4n) is 10.1. The summed E-state index contributed by atoms with van der Waals surface area (Å²) in [6, 6.07) is 6.84. The SMILES string of the molecule is Cc1sc2nc1C(=O)NCc1nc(cs1)C(=O)N[C@@H](Cc1ccc(O)cc1)C(=O)N1C[C@H](O)[C@H](C)[C@H]1c1nc(cs1)-c1nc(cs1)-c1nc(-c3nc(C(=O)NCC4CCC(C(=O)O)CC4)cs3)ccc1-c1nc(cs1)C(=O)N[C@H]2CC(N)=O. The minimum absolute atomic E-state index is 0.00568. The van der Waals surface area contributed by atoms with Crippen molar-refractivity contribution in [1.29, 1.82) is 0 Å². The maximum absolute atomic E-state index is 14.9. The number of aryl methyl sites for hydroxylation is 1. The number of aliphatic hydroxyl groups excluding tert-OH is 1. The highest BCUT2D eigenvalue weighted by Gasteiger charge is 2.45. The summed E-state index contributed by atoms with van der Waals surface area (Å²) in [4.78, 5) is 130.